The maximum absolute atomic E-state index is 12.8. The molecular weight excluding hydrogens is 348 g/mol. The van der Waals surface area contributed by atoms with Crippen molar-refractivity contribution in [3.63, 3.8) is 0 Å². The molecule has 1 heterocycles. The standard InChI is InChI=1S/C20H22N2O3S/c1-2-26-18-10-6-4-8-16(18)19(23)21-17-9-5-3-7-15(17)20(24)22-11-13-25-14-12-22/h3-10H,2,11-14H2,1H3,(H,21,23). The Morgan fingerprint density at radius 3 is 2.42 bits per heavy atom. The molecule has 0 radical (unpaired) electrons. The molecule has 26 heavy (non-hydrogen) atoms. The molecule has 5 nitrogen and oxygen atoms in total. The molecule has 2 amide bonds. The van der Waals surface area contributed by atoms with Gasteiger partial charge >= 0.3 is 0 Å². The number of hydrogen-bond acceptors (Lipinski definition) is 4. The van der Waals surface area contributed by atoms with Crippen molar-refractivity contribution in [1.29, 1.82) is 0 Å². The van der Waals surface area contributed by atoms with E-state index >= 15 is 0 Å². The molecule has 0 atom stereocenters. The first kappa shape index (κ1) is 18.5. The van der Waals surface area contributed by atoms with Crippen molar-refractivity contribution in [3.05, 3.63) is 59.7 Å². The fourth-order valence-electron chi connectivity index (χ4n) is 2.84. The summed E-state index contributed by atoms with van der Waals surface area (Å²) in [5, 5.41) is 2.91. The second kappa shape index (κ2) is 8.87. The molecule has 6 heteroatoms. The first-order valence-electron chi connectivity index (χ1n) is 8.70. The Bertz CT molecular complexity index is 788. The zero-order chi connectivity index (χ0) is 18.4. The number of para-hydroxylation sites is 1. The fraction of sp³-hybridized carbons (Fsp3) is 0.300. The van der Waals surface area contributed by atoms with Gasteiger partial charge in [-0.3, -0.25) is 9.59 Å². The second-order valence-corrected chi connectivity index (χ2v) is 7.14. The number of ether oxygens (including phenoxy) is 1. The van der Waals surface area contributed by atoms with Gasteiger partial charge in [-0.15, -0.1) is 11.8 Å². The summed E-state index contributed by atoms with van der Waals surface area (Å²) in [6, 6.07) is 14.7. The summed E-state index contributed by atoms with van der Waals surface area (Å²) in [5.41, 5.74) is 1.65. The molecule has 1 aliphatic rings. The van der Waals surface area contributed by atoms with Gasteiger partial charge in [0.15, 0.2) is 0 Å². The minimum Gasteiger partial charge on any atom is -0.378 e. The monoisotopic (exact) mass is 370 g/mol. The number of benzene rings is 2. The maximum Gasteiger partial charge on any atom is 0.256 e. The van der Waals surface area contributed by atoms with Crippen molar-refractivity contribution >= 4 is 29.3 Å². The van der Waals surface area contributed by atoms with Gasteiger partial charge in [0.05, 0.1) is 30.0 Å². The van der Waals surface area contributed by atoms with E-state index in [1.54, 1.807) is 34.9 Å². The van der Waals surface area contributed by atoms with Crippen LogP contribution in [0, 0.1) is 0 Å². The molecule has 0 unspecified atom stereocenters. The molecule has 2 aromatic rings. The summed E-state index contributed by atoms with van der Waals surface area (Å²) in [7, 11) is 0. The van der Waals surface area contributed by atoms with Crippen LogP contribution in [0.5, 0.6) is 0 Å². The molecule has 1 aliphatic heterocycles. The summed E-state index contributed by atoms with van der Waals surface area (Å²) in [5.74, 6) is 0.598. The predicted molar refractivity (Wildman–Crippen MR) is 104 cm³/mol. The van der Waals surface area contributed by atoms with Gasteiger partial charge in [0.1, 0.15) is 0 Å². The van der Waals surface area contributed by atoms with Crippen molar-refractivity contribution in [1.82, 2.24) is 4.90 Å². The Hall–Kier alpha value is -2.31. The van der Waals surface area contributed by atoms with E-state index in [1.807, 2.05) is 30.3 Å². The summed E-state index contributed by atoms with van der Waals surface area (Å²) in [6.07, 6.45) is 0. The van der Waals surface area contributed by atoms with Crippen LogP contribution in [0.1, 0.15) is 27.6 Å². The molecule has 0 saturated carbocycles. The molecule has 136 valence electrons. The minimum absolute atomic E-state index is 0.0829. The lowest BCUT2D eigenvalue weighted by Crippen LogP contribution is -2.41. The molecule has 0 aliphatic carbocycles. The van der Waals surface area contributed by atoms with Gasteiger partial charge in [0, 0.05) is 18.0 Å². The summed E-state index contributed by atoms with van der Waals surface area (Å²) in [6.45, 7) is 4.27. The lowest BCUT2D eigenvalue weighted by atomic mass is 10.1. The molecule has 1 fully saturated rings. The van der Waals surface area contributed by atoms with E-state index in [9.17, 15) is 9.59 Å². The van der Waals surface area contributed by atoms with Gasteiger partial charge in [-0.1, -0.05) is 31.2 Å². The van der Waals surface area contributed by atoms with E-state index in [1.165, 1.54) is 0 Å². The highest BCUT2D eigenvalue weighted by Crippen LogP contribution is 2.24. The fourth-order valence-corrected chi connectivity index (χ4v) is 3.64. The number of nitrogens with zero attached hydrogens (tertiary/aromatic N) is 1. The lowest BCUT2D eigenvalue weighted by molar-refractivity contribution is 0.0303. The number of carbonyl (C=O) groups is 2. The zero-order valence-electron chi connectivity index (χ0n) is 14.7. The van der Waals surface area contributed by atoms with Crippen LogP contribution >= 0.6 is 11.8 Å². The van der Waals surface area contributed by atoms with Crippen LogP contribution in [0.15, 0.2) is 53.4 Å². The highest BCUT2D eigenvalue weighted by atomic mass is 32.2. The van der Waals surface area contributed by atoms with Gasteiger partial charge < -0.3 is 15.0 Å². The number of thioether (sulfide) groups is 1. The maximum atomic E-state index is 12.8. The summed E-state index contributed by atoms with van der Waals surface area (Å²) >= 11 is 1.62. The van der Waals surface area contributed by atoms with Crippen molar-refractivity contribution in [2.24, 2.45) is 0 Å². The van der Waals surface area contributed by atoms with Gasteiger partial charge in [0.2, 0.25) is 0 Å². The van der Waals surface area contributed by atoms with Crippen molar-refractivity contribution < 1.29 is 14.3 Å². The number of morpholine rings is 1. The van der Waals surface area contributed by atoms with Crippen LogP contribution in [-0.4, -0.2) is 48.8 Å². The van der Waals surface area contributed by atoms with Gasteiger partial charge in [-0.2, -0.15) is 0 Å². The number of anilines is 1. The van der Waals surface area contributed by atoms with Crippen LogP contribution in [-0.2, 0) is 4.74 Å². The minimum atomic E-state index is -0.205. The highest BCUT2D eigenvalue weighted by molar-refractivity contribution is 7.99. The largest absolute Gasteiger partial charge is 0.378 e. The second-order valence-electron chi connectivity index (χ2n) is 5.83. The molecule has 0 aromatic heterocycles. The Kier molecular flexibility index (Phi) is 6.30. The number of amides is 2. The van der Waals surface area contributed by atoms with E-state index in [0.717, 1.165) is 10.6 Å². The average Bonchev–Trinajstić information content (AvgIpc) is 2.69. The van der Waals surface area contributed by atoms with Crippen LogP contribution < -0.4 is 5.32 Å². The van der Waals surface area contributed by atoms with E-state index in [2.05, 4.69) is 12.2 Å². The average molecular weight is 370 g/mol. The molecule has 3 rings (SSSR count). The van der Waals surface area contributed by atoms with Crippen molar-refractivity contribution in [3.8, 4) is 0 Å². The summed E-state index contributed by atoms with van der Waals surface area (Å²) in [4.78, 5) is 28.3. The molecule has 0 spiro atoms. The lowest BCUT2D eigenvalue weighted by Gasteiger charge is -2.27. The van der Waals surface area contributed by atoms with E-state index in [4.69, 9.17) is 4.74 Å². The Balaban J connectivity index is 1.82. The van der Waals surface area contributed by atoms with E-state index < -0.39 is 0 Å². The van der Waals surface area contributed by atoms with Crippen LogP contribution in [0.3, 0.4) is 0 Å². The molecule has 0 bridgehead atoms. The van der Waals surface area contributed by atoms with Gasteiger partial charge in [0.25, 0.3) is 11.8 Å². The molecular formula is C20H22N2O3S. The van der Waals surface area contributed by atoms with E-state index in [0.29, 0.717) is 43.1 Å². The van der Waals surface area contributed by atoms with Gasteiger partial charge in [-0.05, 0) is 30.0 Å². The van der Waals surface area contributed by atoms with Crippen LogP contribution in [0.2, 0.25) is 0 Å². The third kappa shape index (κ3) is 4.26. The van der Waals surface area contributed by atoms with Crippen molar-refractivity contribution in [2.45, 2.75) is 11.8 Å². The zero-order valence-corrected chi connectivity index (χ0v) is 15.6. The normalized spacial score (nSPS) is 14.1. The highest BCUT2D eigenvalue weighted by Gasteiger charge is 2.22. The number of carbonyl (C=O) groups excluding carboxylic acids is 2. The number of nitrogens with one attached hydrogen (secondary N) is 1. The third-order valence-electron chi connectivity index (χ3n) is 4.14. The number of hydrogen-bond donors (Lipinski definition) is 1. The SMILES string of the molecule is CCSc1ccccc1C(=O)Nc1ccccc1C(=O)N1CCOCC1. The Morgan fingerprint density at radius 1 is 1.04 bits per heavy atom. The molecule has 1 N–H and O–H groups in total. The van der Waals surface area contributed by atoms with Crippen LogP contribution in [0.4, 0.5) is 5.69 Å². The van der Waals surface area contributed by atoms with Crippen LogP contribution in [0.25, 0.3) is 0 Å². The summed E-state index contributed by atoms with van der Waals surface area (Å²) < 4.78 is 5.31. The van der Waals surface area contributed by atoms with Gasteiger partial charge in [-0.25, -0.2) is 0 Å². The van der Waals surface area contributed by atoms with Crippen molar-refractivity contribution in [2.75, 3.05) is 37.4 Å². The third-order valence-corrected chi connectivity index (χ3v) is 5.09. The topological polar surface area (TPSA) is 58.6 Å². The smallest absolute Gasteiger partial charge is 0.256 e. The molecule has 2 aromatic carbocycles. The predicted octanol–water partition coefficient (Wildman–Crippen LogP) is 3.52. The van der Waals surface area contributed by atoms with E-state index in [-0.39, 0.29) is 11.8 Å². The molecule has 1 saturated heterocycles. The Labute approximate surface area is 157 Å². The quantitative estimate of drug-likeness (QED) is 0.818. The first-order valence-corrected chi connectivity index (χ1v) is 9.68. The Morgan fingerprint density at radius 2 is 1.69 bits per heavy atom. The first-order chi connectivity index (χ1) is 12.7. The number of rotatable bonds is 5.